The van der Waals surface area contributed by atoms with Crippen LogP contribution in [-0.4, -0.2) is 43.3 Å². The summed E-state index contributed by atoms with van der Waals surface area (Å²) in [6, 6.07) is 9.82. The van der Waals surface area contributed by atoms with Gasteiger partial charge in [-0.1, -0.05) is 13.0 Å². The van der Waals surface area contributed by atoms with Crippen LogP contribution in [0.2, 0.25) is 0 Å². The van der Waals surface area contributed by atoms with Gasteiger partial charge in [0.15, 0.2) is 17.3 Å². The zero-order valence-electron chi connectivity index (χ0n) is 20.4. The minimum atomic E-state index is -0.261. The van der Waals surface area contributed by atoms with Crippen LogP contribution >= 0.6 is 11.3 Å². The van der Waals surface area contributed by atoms with E-state index < -0.39 is 0 Å². The minimum absolute atomic E-state index is 0.0679. The van der Waals surface area contributed by atoms with Crippen molar-refractivity contribution in [3.8, 4) is 11.5 Å². The van der Waals surface area contributed by atoms with E-state index in [1.54, 1.807) is 11.3 Å². The van der Waals surface area contributed by atoms with E-state index in [1.165, 1.54) is 4.88 Å². The standard InChI is InChI=1S/C25H30N6O3S/c1-5-20(23-27-28-29-31(23)25(2,3)4)30(15-18-7-6-10-35-18)14-17-11-16-12-21-22(34-9-8-33-21)13-19(16)26-24(17)32/h6-7,10-13,20H,5,8-9,14-15H2,1-4H3,(H,26,32)/t20-/m1/s1. The van der Waals surface area contributed by atoms with Gasteiger partial charge in [0.25, 0.3) is 5.56 Å². The SMILES string of the molecule is CC[C@H](c1nnnn1C(C)(C)C)N(Cc1cccs1)Cc1cc2cc3c(cc2[nH]c1=O)OCCO3. The molecular weight excluding hydrogens is 464 g/mol. The first-order valence-electron chi connectivity index (χ1n) is 11.8. The van der Waals surface area contributed by atoms with Gasteiger partial charge >= 0.3 is 0 Å². The molecular formula is C25H30N6O3S. The van der Waals surface area contributed by atoms with Gasteiger partial charge in [0.05, 0.1) is 17.1 Å². The summed E-state index contributed by atoms with van der Waals surface area (Å²) in [6.07, 6.45) is 0.798. The molecule has 1 aromatic carbocycles. The second-order valence-corrected chi connectivity index (χ2v) is 10.8. The van der Waals surface area contributed by atoms with Crippen LogP contribution in [0, 0.1) is 0 Å². The molecule has 0 fully saturated rings. The van der Waals surface area contributed by atoms with Gasteiger partial charge in [-0.2, -0.15) is 0 Å². The lowest BCUT2D eigenvalue weighted by molar-refractivity contribution is 0.154. The molecule has 0 amide bonds. The average Bonchev–Trinajstić information content (AvgIpc) is 3.51. The molecule has 1 N–H and O–H groups in total. The Morgan fingerprint density at radius 1 is 1.17 bits per heavy atom. The highest BCUT2D eigenvalue weighted by Crippen LogP contribution is 2.34. The quantitative estimate of drug-likeness (QED) is 0.410. The van der Waals surface area contributed by atoms with Crippen LogP contribution in [0.15, 0.2) is 40.5 Å². The van der Waals surface area contributed by atoms with Crippen LogP contribution < -0.4 is 15.0 Å². The van der Waals surface area contributed by atoms with Gasteiger partial charge < -0.3 is 14.5 Å². The summed E-state index contributed by atoms with van der Waals surface area (Å²) in [5.41, 5.74) is 1.04. The molecule has 4 heterocycles. The number of nitrogens with zero attached hydrogens (tertiary/aromatic N) is 5. The highest BCUT2D eigenvalue weighted by molar-refractivity contribution is 7.09. The molecule has 1 aliphatic heterocycles. The maximum absolute atomic E-state index is 13.2. The lowest BCUT2D eigenvalue weighted by Gasteiger charge is -2.32. The molecule has 4 aromatic rings. The van der Waals surface area contributed by atoms with E-state index >= 15 is 0 Å². The van der Waals surface area contributed by atoms with Crippen molar-refractivity contribution in [2.24, 2.45) is 0 Å². The van der Waals surface area contributed by atoms with Crippen molar-refractivity contribution in [2.75, 3.05) is 13.2 Å². The van der Waals surface area contributed by atoms with Crippen molar-refractivity contribution in [3.05, 3.63) is 62.3 Å². The lowest BCUT2D eigenvalue weighted by atomic mass is 10.1. The Morgan fingerprint density at radius 3 is 2.63 bits per heavy atom. The number of ether oxygens (including phenoxy) is 2. The molecule has 3 aromatic heterocycles. The van der Waals surface area contributed by atoms with E-state index in [9.17, 15) is 4.79 Å². The van der Waals surface area contributed by atoms with Crippen LogP contribution in [-0.2, 0) is 18.6 Å². The molecule has 10 heteroatoms. The lowest BCUT2D eigenvalue weighted by Crippen LogP contribution is -2.35. The molecule has 0 unspecified atom stereocenters. The molecule has 0 saturated carbocycles. The number of hydrogen-bond donors (Lipinski definition) is 1. The van der Waals surface area contributed by atoms with Crippen molar-refractivity contribution in [2.45, 2.75) is 58.8 Å². The van der Waals surface area contributed by atoms with E-state index in [0.717, 1.165) is 23.1 Å². The number of H-pyrrole nitrogens is 1. The Labute approximate surface area is 207 Å². The molecule has 5 rings (SSSR count). The van der Waals surface area contributed by atoms with Crippen molar-refractivity contribution >= 4 is 22.2 Å². The van der Waals surface area contributed by atoms with Gasteiger partial charge in [0, 0.05) is 35.0 Å². The van der Waals surface area contributed by atoms with Gasteiger partial charge in [0.2, 0.25) is 0 Å². The van der Waals surface area contributed by atoms with Crippen LogP contribution in [0.3, 0.4) is 0 Å². The molecule has 0 radical (unpaired) electrons. The molecule has 0 saturated heterocycles. The van der Waals surface area contributed by atoms with E-state index in [4.69, 9.17) is 9.47 Å². The molecule has 9 nitrogen and oxygen atoms in total. The number of benzene rings is 1. The van der Waals surface area contributed by atoms with Gasteiger partial charge in [-0.05, 0) is 61.2 Å². The Bertz CT molecular complexity index is 1370. The van der Waals surface area contributed by atoms with Crippen molar-refractivity contribution < 1.29 is 9.47 Å². The average molecular weight is 495 g/mol. The Balaban J connectivity index is 1.54. The molecule has 1 aliphatic rings. The van der Waals surface area contributed by atoms with Gasteiger partial charge in [-0.3, -0.25) is 9.69 Å². The number of fused-ring (bicyclic) bond motifs is 2. The number of pyridine rings is 1. The Kier molecular flexibility index (Phi) is 6.33. The maximum Gasteiger partial charge on any atom is 0.252 e. The number of aromatic amines is 1. The van der Waals surface area contributed by atoms with Crippen molar-refractivity contribution in [3.63, 3.8) is 0 Å². The monoisotopic (exact) mass is 494 g/mol. The molecule has 1 atom stereocenters. The zero-order valence-corrected chi connectivity index (χ0v) is 21.3. The molecule has 0 aliphatic carbocycles. The third-order valence-electron chi connectivity index (χ3n) is 6.15. The normalized spacial score (nSPS) is 14.5. The minimum Gasteiger partial charge on any atom is -0.486 e. The fourth-order valence-electron chi connectivity index (χ4n) is 4.49. The molecule has 0 spiro atoms. The topological polar surface area (TPSA) is 98.2 Å². The van der Waals surface area contributed by atoms with Crippen molar-refractivity contribution in [1.82, 2.24) is 30.1 Å². The number of rotatable bonds is 7. The van der Waals surface area contributed by atoms with Gasteiger partial charge in [-0.15, -0.1) is 16.4 Å². The van der Waals surface area contributed by atoms with Crippen molar-refractivity contribution in [1.29, 1.82) is 0 Å². The highest BCUT2D eigenvalue weighted by atomic mass is 32.1. The number of thiophene rings is 1. The largest absolute Gasteiger partial charge is 0.486 e. The van der Waals surface area contributed by atoms with Gasteiger partial charge in [0.1, 0.15) is 13.2 Å². The number of aromatic nitrogens is 5. The third-order valence-corrected chi connectivity index (χ3v) is 7.01. The summed E-state index contributed by atoms with van der Waals surface area (Å²) >= 11 is 1.70. The molecule has 0 bridgehead atoms. The maximum atomic E-state index is 13.2. The summed E-state index contributed by atoms with van der Waals surface area (Å²) in [7, 11) is 0. The van der Waals surface area contributed by atoms with Crippen LogP contribution in [0.1, 0.15) is 56.4 Å². The van der Waals surface area contributed by atoms with E-state index in [1.807, 2.05) is 28.9 Å². The summed E-state index contributed by atoms with van der Waals surface area (Å²) < 4.78 is 13.3. The first kappa shape index (κ1) is 23.5. The van der Waals surface area contributed by atoms with Crippen LogP contribution in [0.4, 0.5) is 0 Å². The third kappa shape index (κ3) is 4.81. The fourth-order valence-corrected chi connectivity index (χ4v) is 5.22. The Morgan fingerprint density at radius 2 is 1.94 bits per heavy atom. The Hall–Kier alpha value is -3.24. The summed E-state index contributed by atoms with van der Waals surface area (Å²) in [5, 5.41) is 15.7. The first-order valence-corrected chi connectivity index (χ1v) is 12.7. The first-order chi connectivity index (χ1) is 16.8. The molecule has 184 valence electrons. The highest BCUT2D eigenvalue weighted by Gasteiger charge is 2.30. The fraction of sp³-hybridized carbons (Fsp3) is 0.440. The number of hydrogen-bond acceptors (Lipinski definition) is 8. The second kappa shape index (κ2) is 9.43. The van der Waals surface area contributed by atoms with Crippen LogP contribution in [0.5, 0.6) is 11.5 Å². The van der Waals surface area contributed by atoms with Gasteiger partial charge in [-0.25, -0.2) is 4.68 Å². The smallest absolute Gasteiger partial charge is 0.252 e. The zero-order chi connectivity index (χ0) is 24.6. The van der Waals surface area contributed by atoms with E-state index in [-0.39, 0.29) is 17.1 Å². The van der Waals surface area contributed by atoms with E-state index in [0.29, 0.717) is 43.4 Å². The predicted molar refractivity (Wildman–Crippen MR) is 135 cm³/mol. The number of nitrogens with one attached hydrogen (secondary N) is 1. The second-order valence-electron chi connectivity index (χ2n) is 9.73. The summed E-state index contributed by atoms with van der Waals surface area (Å²) in [4.78, 5) is 19.7. The van der Waals surface area contributed by atoms with Crippen LogP contribution in [0.25, 0.3) is 10.9 Å². The summed E-state index contributed by atoms with van der Waals surface area (Å²) in [5.74, 6) is 2.16. The molecule has 35 heavy (non-hydrogen) atoms. The number of tetrazole rings is 1. The van der Waals surface area contributed by atoms with E-state index in [2.05, 4.69) is 64.6 Å². The summed E-state index contributed by atoms with van der Waals surface area (Å²) in [6.45, 7) is 10.5. The predicted octanol–water partition coefficient (Wildman–Crippen LogP) is 4.26.